The van der Waals surface area contributed by atoms with Crippen LogP contribution >= 0.6 is 23.2 Å². The minimum Gasteiger partial charge on any atom is -0.400 e. The molecule has 0 spiro atoms. The molecule has 7 heteroatoms. The fourth-order valence-corrected chi connectivity index (χ4v) is 1.66. The Bertz CT molecular complexity index is 553. The third-order valence-corrected chi connectivity index (χ3v) is 2.46. The van der Waals surface area contributed by atoms with E-state index in [2.05, 4.69) is 23.9 Å². The Kier molecular flexibility index (Phi) is 14.4. The molecule has 0 aliphatic carbocycles. The van der Waals surface area contributed by atoms with E-state index < -0.39 is 4.33 Å². The summed E-state index contributed by atoms with van der Waals surface area (Å²) >= 11 is 12.0. The second-order valence-electron chi connectivity index (χ2n) is 4.25. The van der Waals surface area contributed by atoms with Crippen LogP contribution in [-0.4, -0.2) is 33.3 Å². The van der Waals surface area contributed by atoms with Gasteiger partial charge in [-0.05, 0) is 19.1 Å². The average molecular weight is 376 g/mol. The fourth-order valence-electron chi connectivity index (χ4n) is 1.41. The lowest BCUT2D eigenvalue weighted by molar-refractivity contribution is 0.111. The maximum Gasteiger partial charge on any atom is 0.214 e. The lowest BCUT2D eigenvalue weighted by Crippen LogP contribution is -2.13. The van der Waals surface area contributed by atoms with E-state index in [0.717, 1.165) is 12.8 Å². The number of aliphatic hydroxyl groups is 1. The molecule has 0 unspecified atom stereocenters. The Hall–Kier alpha value is -1.43. The molecule has 0 aliphatic heterocycles. The zero-order valence-electron chi connectivity index (χ0n) is 15.1. The number of halogens is 2. The number of rotatable bonds is 3. The van der Waals surface area contributed by atoms with Crippen molar-refractivity contribution in [1.29, 1.82) is 0 Å². The van der Waals surface area contributed by atoms with Crippen molar-refractivity contribution in [2.75, 3.05) is 7.11 Å². The molecule has 136 valence electrons. The highest BCUT2D eigenvalue weighted by atomic mass is 35.5. The van der Waals surface area contributed by atoms with Crippen molar-refractivity contribution in [1.82, 2.24) is 14.8 Å². The summed E-state index contributed by atoms with van der Waals surface area (Å²) < 4.78 is 0.244. The highest BCUT2D eigenvalue weighted by Gasteiger charge is 2.28. The molecule has 0 radical (unpaired) electrons. The van der Waals surface area contributed by atoms with Gasteiger partial charge in [0.15, 0.2) is 16.4 Å². The Morgan fingerprint density at radius 1 is 1.17 bits per heavy atom. The van der Waals surface area contributed by atoms with E-state index in [4.69, 9.17) is 28.3 Å². The molecular weight excluding hydrogens is 349 g/mol. The first-order valence-corrected chi connectivity index (χ1v) is 8.50. The van der Waals surface area contributed by atoms with Gasteiger partial charge in [-0.15, -0.1) is 5.10 Å². The minimum absolute atomic E-state index is 0.0522. The molecule has 0 bridgehead atoms. The second-order valence-corrected chi connectivity index (χ2v) is 5.96. The molecule has 1 heterocycles. The van der Waals surface area contributed by atoms with Crippen molar-refractivity contribution < 1.29 is 9.90 Å². The number of hydrogen-bond acceptors (Lipinski definition) is 4. The number of alkyl halides is 2. The van der Waals surface area contributed by atoms with Gasteiger partial charge in [0.05, 0.1) is 5.69 Å². The maximum atomic E-state index is 10.7. The van der Waals surface area contributed by atoms with Gasteiger partial charge < -0.3 is 5.11 Å². The first-order chi connectivity index (χ1) is 11.4. The number of carbonyl (C=O) groups excluding carboxylic acids is 1. The zero-order valence-corrected chi connectivity index (χ0v) is 16.6. The predicted molar refractivity (Wildman–Crippen MR) is 101 cm³/mol. The second kappa shape index (κ2) is 14.0. The third kappa shape index (κ3) is 8.43. The van der Waals surface area contributed by atoms with Crippen LogP contribution in [0.15, 0.2) is 30.3 Å². The monoisotopic (exact) mass is 375 g/mol. The van der Waals surface area contributed by atoms with E-state index in [1.165, 1.54) is 11.1 Å². The van der Waals surface area contributed by atoms with Crippen molar-refractivity contribution >= 4 is 29.5 Å². The molecule has 2 rings (SSSR count). The Morgan fingerprint density at radius 2 is 1.62 bits per heavy atom. The molecule has 24 heavy (non-hydrogen) atoms. The molecule has 0 saturated carbocycles. The number of benzene rings is 1. The number of aliphatic hydroxyl groups excluding tert-OH is 1. The van der Waals surface area contributed by atoms with Crippen LogP contribution in [-0.2, 0) is 4.33 Å². The van der Waals surface area contributed by atoms with Crippen LogP contribution in [0.1, 0.15) is 57.5 Å². The van der Waals surface area contributed by atoms with Gasteiger partial charge >= 0.3 is 0 Å². The van der Waals surface area contributed by atoms with E-state index in [1.807, 2.05) is 44.2 Å². The SMILES string of the molecule is CC.CC(Cl)(Cl)c1nc(C=O)nn1-c1ccccc1.CCC.CO. The molecule has 5 nitrogen and oxygen atoms in total. The summed E-state index contributed by atoms with van der Waals surface area (Å²) in [5, 5.41) is 11.0. The number of aromatic nitrogens is 3. The average Bonchev–Trinajstić information content (AvgIpc) is 3.05. The van der Waals surface area contributed by atoms with Gasteiger partial charge in [-0.25, -0.2) is 9.67 Å². The van der Waals surface area contributed by atoms with Gasteiger partial charge in [-0.2, -0.15) is 0 Å². The fraction of sp³-hybridized carbons (Fsp3) is 0.471. The topological polar surface area (TPSA) is 68.0 Å². The van der Waals surface area contributed by atoms with Crippen LogP contribution in [0.2, 0.25) is 0 Å². The molecule has 0 saturated heterocycles. The largest absolute Gasteiger partial charge is 0.400 e. The van der Waals surface area contributed by atoms with E-state index in [9.17, 15) is 4.79 Å². The van der Waals surface area contributed by atoms with E-state index in [-0.39, 0.29) is 5.82 Å². The van der Waals surface area contributed by atoms with E-state index in [1.54, 1.807) is 6.92 Å². The van der Waals surface area contributed by atoms with E-state index in [0.29, 0.717) is 12.1 Å². The van der Waals surface area contributed by atoms with Gasteiger partial charge in [0.1, 0.15) is 0 Å². The molecule has 2 aromatic rings. The van der Waals surface area contributed by atoms with Crippen LogP contribution in [0.25, 0.3) is 5.69 Å². The summed E-state index contributed by atoms with van der Waals surface area (Å²) in [5.41, 5.74) is 0.746. The number of hydrogen-bond donors (Lipinski definition) is 1. The molecule has 1 aromatic heterocycles. The van der Waals surface area contributed by atoms with Gasteiger partial charge in [-0.3, -0.25) is 4.79 Å². The Balaban J connectivity index is 0. The van der Waals surface area contributed by atoms with Crippen LogP contribution in [0, 0.1) is 0 Å². The van der Waals surface area contributed by atoms with Gasteiger partial charge in [0.25, 0.3) is 0 Å². The summed E-state index contributed by atoms with van der Waals surface area (Å²) in [7, 11) is 1.00. The summed E-state index contributed by atoms with van der Waals surface area (Å²) in [6.45, 7) is 9.83. The van der Waals surface area contributed by atoms with Crippen molar-refractivity contribution in [3.8, 4) is 5.69 Å². The van der Waals surface area contributed by atoms with Gasteiger partial charge in [-0.1, -0.05) is 75.5 Å². The van der Waals surface area contributed by atoms with Crippen molar-refractivity contribution in [3.63, 3.8) is 0 Å². The number of nitrogens with zero attached hydrogens (tertiary/aromatic N) is 3. The van der Waals surface area contributed by atoms with E-state index >= 15 is 0 Å². The summed E-state index contributed by atoms with van der Waals surface area (Å²) in [6.07, 6.45) is 1.81. The molecule has 1 aromatic carbocycles. The molecular formula is C17H27Cl2N3O2. The summed E-state index contributed by atoms with van der Waals surface area (Å²) in [5.74, 6) is 0.366. The van der Waals surface area contributed by atoms with Gasteiger partial charge in [0, 0.05) is 7.11 Å². The number of para-hydroxylation sites is 1. The minimum atomic E-state index is -1.22. The highest BCUT2D eigenvalue weighted by Crippen LogP contribution is 2.32. The maximum absolute atomic E-state index is 10.7. The van der Waals surface area contributed by atoms with Crippen LogP contribution in [0.4, 0.5) is 0 Å². The van der Waals surface area contributed by atoms with Crippen LogP contribution < -0.4 is 0 Å². The molecule has 0 amide bonds. The highest BCUT2D eigenvalue weighted by molar-refractivity contribution is 6.47. The lowest BCUT2D eigenvalue weighted by atomic mass is 10.3. The molecule has 0 aliphatic rings. The van der Waals surface area contributed by atoms with Crippen molar-refractivity contribution in [2.45, 2.75) is 45.4 Å². The first kappa shape index (κ1) is 24.8. The predicted octanol–water partition coefficient (Wildman–Crippen LogP) is 4.78. The number of aldehydes is 1. The van der Waals surface area contributed by atoms with Crippen LogP contribution in [0.5, 0.6) is 0 Å². The summed E-state index contributed by atoms with van der Waals surface area (Å²) in [4.78, 5) is 14.7. The van der Waals surface area contributed by atoms with Gasteiger partial charge in [0.2, 0.25) is 5.82 Å². The van der Waals surface area contributed by atoms with Crippen molar-refractivity contribution in [2.24, 2.45) is 0 Å². The van der Waals surface area contributed by atoms with Crippen molar-refractivity contribution in [3.05, 3.63) is 42.0 Å². The zero-order chi connectivity index (χ0) is 19.2. The lowest BCUT2D eigenvalue weighted by Gasteiger charge is -2.13. The molecule has 0 fully saturated rings. The third-order valence-electron chi connectivity index (χ3n) is 2.12. The standard InChI is InChI=1S/C11H9Cl2N3O.C3H8.C2H6.CH4O/c1-11(12,13)10-14-9(7-17)15-16(10)8-5-3-2-4-6-8;1-3-2;2*1-2/h2-7H,1H3;3H2,1-2H3;1-2H3;2H,1H3. The quantitative estimate of drug-likeness (QED) is 0.618. The summed E-state index contributed by atoms with van der Waals surface area (Å²) in [6, 6.07) is 9.22. The normalized spacial score (nSPS) is 9.38. The molecule has 0 atom stereocenters. The molecule has 1 N–H and O–H groups in total. The Morgan fingerprint density at radius 3 is 2.00 bits per heavy atom. The first-order valence-electron chi connectivity index (χ1n) is 7.74. The smallest absolute Gasteiger partial charge is 0.214 e. The number of carbonyl (C=O) groups is 1. The van der Waals surface area contributed by atoms with Crippen LogP contribution in [0.3, 0.4) is 0 Å². The Labute approximate surface area is 154 Å².